The molecule has 2 fully saturated rings. The normalized spacial score (nSPS) is 30.3. The quantitative estimate of drug-likeness (QED) is 0.645. The van der Waals surface area contributed by atoms with E-state index >= 15 is 0 Å². The molecule has 136 valence electrons. The summed E-state index contributed by atoms with van der Waals surface area (Å²) in [6.45, 7) is 0. The number of esters is 4. The molecule has 4 unspecified atom stereocenters. The number of nitrogens with one attached hydrogen (secondary N) is 1. The molecule has 1 aromatic carbocycles. The van der Waals surface area contributed by atoms with E-state index in [1.54, 1.807) is 0 Å². The predicted molar refractivity (Wildman–Crippen MR) is 91.7 cm³/mol. The summed E-state index contributed by atoms with van der Waals surface area (Å²) in [4.78, 5) is 51.4. The van der Waals surface area contributed by atoms with Gasteiger partial charge in [0, 0.05) is 11.2 Å². The van der Waals surface area contributed by atoms with E-state index < -0.39 is 41.6 Å². The number of benzene rings is 1. The summed E-state index contributed by atoms with van der Waals surface area (Å²) in [6.07, 6.45) is 2.10. The lowest BCUT2D eigenvalue weighted by Crippen LogP contribution is -2.31. The Morgan fingerprint density at radius 2 is 1.70 bits per heavy atom. The van der Waals surface area contributed by atoms with E-state index in [9.17, 15) is 19.2 Å². The molecular weight excluding hydrogens is 350 g/mol. The van der Waals surface area contributed by atoms with Gasteiger partial charge in [-0.25, -0.2) is 0 Å². The van der Waals surface area contributed by atoms with E-state index in [-0.39, 0.29) is 18.8 Å². The first-order chi connectivity index (χ1) is 13.0. The van der Waals surface area contributed by atoms with Gasteiger partial charge < -0.3 is 14.5 Å². The highest BCUT2D eigenvalue weighted by Gasteiger charge is 2.52. The van der Waals surface area contributed by atoms with Crippen molar-refractivity contribution in [2.75, 3.05) is 0 Å². The highest BCUT2D eigenvalue weighted by Crippen LogP contribution is 2.47. The second kappa shape index (κ2) is 5.64. The van der Waals surface area contributed by atoms with E-state index in [0.717, 1.165) is 10.9 Å². The number of aromatic amines is 1. The molecule has 0 bridgehead atoms. The zero-order chi connectivity index (χ0) is 18.7. The number of H-pyrrole nitrogens is 1. The Morgan fingerprint density at radius 3 is 2.44 bits per heavy atom. The highest BCUT2D eigenvalue weighted by atomic mass is 16.6. The summed E-state index contributed by atoms with van der Waals surface area (Å²) >= 11 is 0. The van der Waals surface area contributed by atoms with E-state index in [1.165, 1.54) is 0 Å². The molecule has 0 radical (unpaired) electrons. The van der Waals surface area contributed by atoms with Gasteiger partial charge in [0.15, 0.2) is 0 Å². The van der Waals surface area contributed by atoms with Crippen LogP contribution in [0.1, 0.15) is 18.5 Å². The van der Waals surface area contributed by atoms with Gasteiger partial charge in [-0.15, -0.1) is 0 Å². The van der Waals surface area contributed by atoms with Gasteiger partial charge in [0.1, 0.15) is 0 Å². The molecule has 7 heteroatoms. The summed E-state index contributed by atoms with van der Waals surface area (Å²) in [5, 5.41) is 0.972. The van der Waals surface area contributed by atoms with E-state index in [2.05, 4.69) is 9.72 Å². The standard InChI is InChI=1S/C20H15NO6/c22-16-8-11(18(23)26-16)10-5-12(17-13(6-10)19(24)27-20(17)25)15-7-9-3-1-2-4-14(9)21-15/h1-5,7,10-11,13,17,21H,6,8H2. The van der Waals surface area contributed by atoms with Crippen LogP contribution in [0.5, 0.6) is 0 Å². The van der Waals surface area contributed by atoms with Crippen LogP contribution >= 0.6 is 0 Å². The fourth-order valence-corrected chi connectivity index (χ4v) is 4.40. The maximum Gasteiger partial charge on any atom is 0.322 e. The number of hydrogen-bond acceptors (Lipinski definition) is 6. The van der Waals surface area contributed by atoms with Gasteiger partial charge >= 0.3 is 23.9 Å². The van der Waals surface area contributed by atoms with Crippen LogP contribution in [0.3, 0.4) is 0 Å². The Kier molecular flexibility index (Phi) is 3.34. The van der Waals surface area contributed by atoms with Gasteiger partial charge in [-0.05, 0) is 35.4 Å². The Hall–Kier alpha value is -3.22. The Bertz CT molecular complexity index is 1010. The van der Waals surface area contributed by atoms with Gasteiger partial charge in [0.05, 0.1) is 24.2 Å². The number of hydrogen-bond donors (Lipinski definition) is 1. The average molecular weight is 365 g/mol. The molecule has 1 N–H and O–H groups in total. The molecule has 2 aromatic rings. The highest BCUT2D eigenvalue weighted by molar-refractivity contribution is 6.05. The van der Waals surface area contributed by atoms with Crippen molar-refractivity contribution in [3.63, 3.8) is 0 Å². The smallest absolute Gasteiger partial charge is 0.322 e. The third kappa shape index (κ3) is 2.42. The molecule has 2 aliphatic heterocycles. The van der Waals surface area contributed by atoms with Crippen molar-refractivity contribution in [1.82, 2.24) is 4.98 Å². The minimum Gasteiger partial charge on any atom is -0.393 e. The first kappa shape index (κ1) is 16.0. The first-order valence-corrected chi connectivity index (χ1v) is 8.81. The van der Waals surface area contributed by atoms with Crippen LogP contribution in [0.25, 0.3) is 16.5 Å². The number of para-hydroxylation sites is 1. The van der Waals surface area contributed by atoms with Crippen molar-refractivity contribution < 1.29 is 28.7 Å². The largest absolute Gasteiger partial charge is 0.393 e. The molecule has 1 aromatic heterocycles. The van der Waals surface area contributed by atoms with Crippen molar-refractivity contribution >= 4 is 40.4 Å². The van der Waals surface area contributed by atoms with Crippen LogP contribution in [0.15, 0.2) is 36.4 Å². The van der Waals surface area contributed by atoms with Crippen LogP contribution in [0.4, 0.5) is 0 Å². The first-order valence-electron chi connectivity index (χ1n) is 8.81. The number of aromatic nitrogens is 1. The van der Waals surface area contributed by atoms with Crippen molar-refractivity contribution in [3.05, 3.63) is 42.1 Å². The third-order valence-electron chi connectivity index (χ3n) is 5.68. The SMILES string of the molecule is O=C1CC(C2C=C(c3cc4ccccc4[nH]3)C3C(=O)OC(=O)C3C2)C(=O)O1. The summed E-state index contributed by atoms with van der Waals surface area (Å²) < 4.78 is 9.55. The number of rotatable bonds is 2. The minimum atomic E-state index is -0.699. The summed E-state index contributed by atoms with van der Waals surface area (Å²) in [5.74, 6) is -4.64. The molecule has 4 atom stereocenters. The van der Waals surface area contributed by atoms with Gasteiger partial charge in [-0.3, -0.25) is 19.2 Å². The maximum atomic E-state index is 12.3. The van der Waals surface area contributed by atoms with Crippen molar-refractivity contribution in [2.45, 2.75) is 12.8 Å². The van der Waals surface area contributed by atoms with Crippen LogP contribution < -0.4 is 0 Å². The van der Waals surface area contributed by atoms with Crippen molar-refractivity contribution in [3.8, 4) is 0 Å². The van der Waals surface area contributed by atoms with Crippen LogP contribution in [0, 0.1) is 23.7 Å². The summed E-state index contributed by atoms with van der Waals surface area (Å²) in [7, 11) is 0. The number of allylic oxidation sites excluding steroid dienone is 1. The van der Waals surface area contributed by atoms with E-state index in [1.807, 2.05) is 36.4 Å². The van der Waals surface area contributed by atoms with E-state index in [0.29, 0.717) is 11.3 Å². The van der Waals surface area contributed by atoms with Crippen molar-refractivity contribution in [1.29, 1.82) is 0 Å². The molecule has 2 saturated heterocycles. The number of carbonyl (C=O) groups excluding carboxylic acids is 4. The van der Waals surface area contributed by atoms with Gasteiger partial charge in [0.2, 0.25) is 0 Å². The summed E-state index contributed by atoms with van der Waals surface area (Å²) in [5.41, 5.74) is 2.25. The minimum absolute atomic E-state index is 0.0135. The molecule has 3 heterocycles. The molecule has 5 rings (SSSR count). The number of cyclic esters (lactones) is 4. The van der Waals surface area contributed by atoms with Gasteiger partial charge in [-0.2, -0.15) is 0 Å². The van der Waals surface area contributed by atoms with Crippen molar-refractivity contribution in [2.24, 2.45) is 23.7 Å². The lowest BCUT2D eigenvalue weighted by molar-refractivity contribution is -0.155. The molecule has 0 saturated carbocycles. The fourth-order valence-electron chi connectivity index (χ4n) is 4.40. The molecular formula is C20H15NO6. The second-order valence-corrected chi connectivity index (χ2v) is 7.22. The van der Waals surface area contributed by atoms with Gasteiger partial charge in [-0.1, -0.05) is 24.3 Å². The van der Waals surface area contributed by atoms with E-state index in [4.69, 9.17) is 4.74 Å². The number of fused-ring (bicyclic) bond motifs is 2. The monoisotopic (exact) mass is 365 g/mol. The number of carbonyl (C=O) groups is 4. The summed E-state index contributed by atoms with van der Waals surface area (Å²) in [6, 6.07) is 9.58. The van der Waals surface area contributed by atoms with Gasteiger partial charge in [0.25, 0.3) is 0 Å². The fraction of sp³-hybridized carbons (Fsp3) is 0.300. The van der Waals surface area contributed by atoms with Crippen LogP contribution in [-0.2, 0) is 28.7 Å². The zero-order valence-electron chi connectivity index (χ0n) is 14.1. The van der Waals surface area contributed by atoms with Crippen LogP contribution in [-0.4, -0.2) is 28.9 Å². The Morgan fingerprint density at radius 1 is 0.926 bits per heavy atom. The Balaban J connectivity index is 1.62. The molecule has 0 spiro atoms. The lowest BCUT2D eigenvalue weighted by atomic mass is 9.70. The topological polar surface area (TPSA) is 103 Å². The maximum absolute atomic E-state index is 12.3. The molecule has 1 aliphatic carbocycles. The molecule has 3 aliphatic rings. The predicted octanol–water partition coefficient (Wildman–Crippen LogP) is 1.98. The third-order valence-corrected chi connectivity index (χ3v) is 5.68. The molecule has 0 amide bonds. The Labute approximate surface area is 153 Å². The average Bonchev–Trinajstić information content (AvgIpc) is 3.30. The zero-order valence-corrected chi connectivity index (χ0v) is 14.1. The van der Waals surface area contributed by atoms with Crippen LogP contribution in [0.2, 0.25) is 0 Å². The molecule has 7 nitrogen and oxygen atoms in total. The second-order valence-electron chi connectivity index (χ2n) is 7.22. The number of ether oxygens (including phenoxy) is 2. The molecule has 27 heavy (non-hydrogen) atoms. The lowest BCUT2D eigenvalue weighted by Gasteiger charge is -2.29.